The van der Waals surface area contributed by atoms with Gasteiger partial charge in [-0.05, 0) is 48.9 Å². The van der Waals surface area contributed by atoms with E-state index in [9.17, 15) is 13.7 Å². The number of aromatic nitrogens is 4. The highest BCUT2D eigenvalue weighted by molar-refractivity contribution is 7.89. The summed E-state index contributed by atoms with van der Waals surface area (Å²) in [7, 11) is -3.14. The van der Waals surface area contributed by atoms with Crippen LogP contribution in [0.1, 0.15) is 11.3 Å². The number of hydrogen-bond acceptors (Lipinski definition) is 8. The van der Waals surface area contributed by atoms with Gasteiger partial charge in [0.2, 0.25) is 5.95 Å². The Kier molecular flexibility index (Phi) is 5.75. The summed E-state index contributed by atoms with van der Waals surface area (Å²) in [4.78, 5) is 10.6. The lowest BCUT2D eigenvalue weighted by Crippen LogP contribution is -2.19. The van der Waals surface area contributed by atoms with Crippen LogP contribution in [0, 0.1) is 18.3 Å². The standard InChI is InChI=1S/C22H21N7O2S/c1-15-19-7-6-18(13-20(19)28-27-15)29(11-9-23)21-8-10-24-22(26-21)25-17-5-3-4-16(12-17)14-32(2,30)31/h3-8,10,12-13H,11,14H2,1-2H3,(H,27,28)(H,24,25,26). The fourth-order valence-corrected chi connectivity index (χ4v) is 4.20. The number of sulfone groups is 1. The topological polar surface area (TPSA) is 128 Å². The van der Waals surface area contributed by atoms with E-state index >= 15 is 0 Å². The van der Waals surface area contributed by atoms with Gasteiger partial charge in [-0.1, -0.05) is 12.1 Å². The molecule has 2 aromatic heterocycles. The maximum Gasteiger partial charge on any atom is 0.229 e. The molecule has 162 valence electrons. The largest absolute Gasteiger partial charge is 0.324 e. The molecule has 0 aliphatic rings. The Labute approximate surface area is 185 Å². The number of nitriles is 1. The summed E-state index contributed by atoms with van der Waals surface area (Å²) < 4.78 is 23.2. The van der Waals surface area contributed by atoms with Gasteiger partial charge in [0.25, 0.3) is 0 Å². The Morgan fingerprint density at radius 2 is 2.03 bits per heavy atom. The fraction of sp³-hybridized carbons (Fsp3) is 0.182. The SMILES string of the molecule is Cc1n[nH]c2cc(N(CC#N)c3ccnc(Nc4cccc(CS(C)(=O)=O)c4)n3)ccc12. The van der Waals surface area contributed by atoms with Gasteiger partial charge in [-0.25, -0.2) is 13.4 Å². The molecule has 0 fully saturated rings. The van der Waals surface area contributed by atoms with Gasteiger partial charge < -0.3 is 10.2 Å². The van der Waals surface area contributed by atoms with Crippen molar-refractivity contribution in [2.24, 2.45) is 0 Å². The Morgan fingerprint density at radius 3 is 2.81 bits per heavy atom. The van der Waals surface area contributed by atoms with Crippen LogP contribution >= 0.6 is 0 Å². The van der Waals surface area contributed by atoms with E-state index in [1.807, 2.05) is 31.2 Å². The highest BCUT2D eigenvalue weighted by Gasteiger charge is 2.14. The lowest BCUT2D eigenvalue weighted by Gasteiger charge is -2.21. The van der Waals surface area contributed by atoms with Crippen LogP contribution < -0.4 is 10.2 Å². The molecule has 0 radical (unpaired) electrons. The van der Waals surface area contributed by atoms with Crippen molar-refractivity contribution >= 4 is 43.9 Å². The number of hydrogen-bond donors (Lipinski definition) is 2. The third kappa shape index (κ3) is 4.84. The number of aromatic amines is 1. The molecule has 4 aromatic rings. The zero-order valence-corrected chi connectivity index (χ0v) is 18.4. The van der Waals surface area contributed by atoms with Crippen LogP contribution in [0.5, 0.6) is 0 Å². The number of H-pyrrole nitrogens is 1. The first-order valence-corrected chi connectivity index (χ1v) is 11.8. The molecule has 0 bridgehead atoms. The summed E-state index contributed by atoms with van der Waals surface area (Å²) in [6.07, 6.45) is 2.81. The molecule has 4 rings (SSSR count). The quantitative estimate of drug-likeness (QED) is 0.411. The number of fused-ring (bicyclic) bond motifs is 1. The summed E-state index contributed by atoms with van der Waals surface area (Å²) in [6.45, 7) is 2.03. The van der Waals surface area contributed by atoms with Crippen molar-refractivity contribution in [1.82, 2.24) is 20.2 Å². The average molecular weight is 448 g/mol. The summed E-state index contributed by atoms with van der Waals surface area (Å²) in [5, 5.41) is 20.7. The lowest BCUT2D eigenvalue weighted by atomic mass is 10.2. The van der Waals surface area contributed by atoms with Crippen LogP contribution in [0.25, 0.3) is 10.9 Å². The van der Waals surface area contributed by atoms with Gasteiger partial charge in [0.05, 0.1) is 23.0 Å². The molecule has 0 spiro atoms. The van der Waals surface area contributed by atoms with Crippen molar-refractivity contribution in [2.45, 2.75) is 12.7 Å². The van der Waals surface area contributed by atoms with E-state index in [-0.39, 0.29) is 12.3 Å². The summed E-state index contributed by atoms with van der Waals surface area (Å²) >= 11 is 0. The van der Waals surface area contributed by atoms with Gasteiger partial charge in [-0.2, -0.15) is 15.3 Å². The smallest absolute Gasteiger partial charge is 0.229 e. The van der Waals surface area contributed by atoms with E-state index in [4.69, 9.17) is 0 Å². The highest BCUT2D eigenvalue weighted by Crippen LogP contribution is 2.28. The normalized spacial score (nSPS) is 11.3. The first kappa shape index (κ1) is 21.3. The third-order valence-electron chi connectivity index (χ3n) is 4.81. The zero-order chi connectivity index (χ0) is 22.7. The molecular weight excluding hydrogens is 426 g/mol. The van der Waals surface area contributed by atoms with Crippen LogP contribution in [-0.4, -0.2) is 41.4 Å². The minimum atomic E-state index is -3.14. The van der Waals surface area contributed by atoms with Crippen molar-refractivity contribution in [1.29, 1.82) is 5.26 Å². The summed E-state index contributed by atoms with van der Waals surface area (Å²) in [6, 6.07) is 16.8. The van der Waals surface area contributed by atoms with E-state index < -0.39 is 9.84 Å². The monoisotopic (exact) mass is 447 g/mol. The fourth-order valence-electron chi connectivity index (χ4n) is 3.42. The number of benzene rings is 2. The Hall–Kier alpha value is -3.97. The lowest BCUT2D eigenvalue weighted by molar-refractivity contribution is 0.601. The molecule has 0 saturated heterocycles. The Balaban J connectivity index is 1.63. The van der Waals surface area contributed by atoms with Gasteiger partial charge in [-0.3, -0.25) is 5.10 Å². The number of nitrogens with zero attached hydrogens (tertiary/aromatic N) is 5. The molecule has 10 heteroatoms. The van der Waals surface area contributed by atoms with Crippen LogP contribution in [-0.2, 0) is 15.6 Å². The second-order valence-electron chi connectivity index (χ2n) is 7.42. The molecule has 0 aliphatic carbocycles. The highest BCUT2D eigenvalue weighted by atomic mass is 32.2. The van der Waals surface area contributed by atoms with Crippen LogP contribution in [0.3, 0.4) is 0 Å². The average Bonchev–Trinajstić information content (AvgIpc) is 3.11. The first-order chi connectivity index (χ1) is 15.3. The maximum absolute atomic E-state index is 11.6. The molecule has 0 saturated carbocycles. The van der Waals surface area contributed by atoms with Crippen LogP contribution in [0.4, 0.5) is 23.1 Å². The van der Waals surface area contributed by atoms with Crippen LogP contribution in [0.15, 0.2) is 54.7 Å². The zero-order valence-electron chi connectivity index (χ0n) is 17.6. The number of anilines is 4. The maximum atomic E-state index is 11.6. The van der Waals surface area contributed by atoms with Gasteiger partial charge >= 0.3 is 0 Å². The van der Waals surface area contributed by atoms with Gasteiger partial charge in [0.1, 0.15) is 12.4 Å². The molecule has 2 N–H and O–H groups in total. The van der Waals surface area contributed by atoms with Crippen LogP contribution in [0.2, 0.25) is 0 Å². The molecule has 32 heavy (non-hydrogen) atoms. The van der Waals surface area contributed by atoms with Crippen molar-refractivity contribution < 1.29 is 8.42 Å². The molecular formula is C22H21N7O2S. The summed E-state index contributed by atoms with van der Waals surface area (Å²) in [5.41, 5.74) is 3.91. The predicted octanol–water partition coefficient (Wildman–Crippen LogP) is 3.61. The van der Waals surface area contributed by atoms with E-state index in [0.717, 1.165) is 22.3 Å². The van der Waals surface area contributed by atoms with Crippen molar-refractivity contribution in [3.63, 3.8) is 0 Å². The minimum Gasteiger partial charge on any atom is -0.324 e. The van der Waals surface area contributed by atoms with E-state index in [0.29, 0.717) is 23.0 Å². The molecule has 2 aromatic carbocycles. The number of rotatable bonds is 7. The van der Waals surface area contributed by atoms with E-state index in [1.54, 1.807) is 35.4 Å². The van der Waals surface area contributed by atoms with Gasteiger partial charge in [0, 0.05) is 29.2 Å². The Bertz CT molecular complexity index is 1420. The molecule has 0 unspecified atom stereocenters. The van der Waals surface area contributed by atoms with E-state index in [2.05, 4.69) is 31.6 Å². The molecule has 9 nitrogen and oxygen atoms in total. The Morgan fingerprint density at radius 1 is 1.19 bits per heavy atom. The summed E-state index contributed by atoms with van der Waals surface area (Å²) in [5.74, 6) is 0.835. The molecule has 0 amide bonds. The first-order valence-electron chi connectivity index (χ1n) is 9.78. The second-order valence-corrected chi connectivity index (χ2v) is 9.56. The number of nitrogens with one attached hydrogen (secondary N) is 2. The van der Waals surface area contributed by atoms with Gasteiger partial charge in [0.15, 0.2) is 9.84 Å². The van der Waals surface area contributed by atoms with Crippen molar-refractivity contribution in [2.75, 3.05) is 23.0 Å². The van der Waals surface area contributed by atoms with Crippen molar-refractivity contribution in [3.8, 4) is 6.07 Å². The number of aryl methyl sites for hydroxylation is 1. The third-order valence-corrected chi connectivity index (χ3v) is 5.66. The minimum absolute atomic E-state index is 0.0467. The van der Waals surface area contributed by atoms with Crippen molar-refractivity contribution in [3.05, 3.63) is 66.0 Å². The molecule has 2 heterocycles. The predicted molar refractivity (Wildman–Crippen MR) is 124 cm³/mol. The molecule has 0 aliphatic heterocycles. The van der Waals surface area contributed by atoms with E-state index in [1.165, 1.54) is 6.26 Å². The van der Waals surface area contributed by atoms with Gasteiger partial charge in [-0.15, -0.1) is 0 Å². The second kappa shape index (κ2) is 8.64. The molecule has 0 atom stereocenters.